The third kappa shape index (κ3) is 5.06. The molecule has 2 unspecified atom stereocenters. The number of halogens is 1. The summed E-state index contributed by atoms with van der Waals surface area (Å²) in [6, 6.07) is 0.350. The van der Waals surface area contributed by atoms with E-state index in [1.165, 1.54) is 6.42 Å². The van der Waals surface area contributed by atoms with Crippen molar-refractivity contribution in [3.05, 3.63) is 12.7 Å². The summed E-state index contributed by atoms with van der Waals surface area (Å²) in [6.45, 7) is 8.40. The zero-order valence-corrected chi connectivity index (χ0v) is 11.3. The van der Waals surface area contributed by atoms with Gasteiger partial charge in [-0.15, -0.1) is 19.0 Å². The van der Waals surface area contributed by atoms with Gasteiger partial charge in [0.2, 0.25) is 5.91 Å². The molecule has 0 aliphatic carbocycles. The van der Waals surface area contributed by atoms with E-state index in [-0.39, 0.29) is 18.3 Å². The SMILES string of the molecule is C=CCNC(=O)CN1CCCC(C)C1CN.Cl. The number of hydrogen-bond acceptors (Lipinski definition) is 3. The van der Waals surface area contributed by atoms with Crippen molar-refractivity contribution in [2.24, 2.45) is 11.7 Å². The molecule has 2 atom stereocenters. The van der Waals surface area contributed by atoms with Gasteiger partial charge in [0.15, 0.2) is 0 Å². The number of hydrogen-bond donors (Lipinski definition) is 2. The van der Waals surface area contributed by atoms with Crippen molar-refractivity contribution in [1.29, 1.82) is 0 Å². The van der Waals surface area contributed by atoms with Crippen LogP contribution in [0, 0.1) is 5.92 Å². The number of amides is 1. The lowest BCUT2D eigenvalue weighted by atomic mass is 9.91. The Morgan fingerprint density at radius 3 is 2.94 bits per heavy atom. The lowest BCUT2D eigenvalue weighted by Gasteiger charge is -2.38. The molecule has 0 radical (unpaired) electrons. The fourth-order valence-corrected chi connectivity index (χ4v) is 2.34. The zero-order chi connectivity index (χ0) is 12.0. The number of nitrogens with two attached hydrogens (primary N) is 1. The summed E-state index contributed by atoms with van der Waals surface area (Å²) in [5.74, 6) is 0.651. The molecule has 4 nitrogen and oxygen atoms in total. The van der Waals surface area contributed by atoms with E-state index in [1.54, 1.807) is 6.08 Å². The average molecular weight is 262 g/mol. The molecular formula is C12H24ClN3O. The van der Waals surface area contributed by atoms with Gasteiger partial charge in [-0.3, -0.25) is 9.69 Å². The Kier molecular flexibility index (Phi) is 8.21. The van der Waals surface area contributed by atoms with Crippen LogP contribution in [0.4, 0.5) is 0 Å². The molecule has 0 bridgehead atoms. The quantitative estimate of drug-likeness (QED) is 0.719. The maximum absolute atomic E-state index is 11.6. The molecule has 1 fully saturated rings. The topological polar surface area (TPSA) is 58.4 Å². The second-order valence-electron chi connectivity index (χ2n) is 4.49. The number of rotatable bonds is 5. The van der Waals surface area contributed by atoms with Crippen LogP contribution in [0.2, 0.25) is 0 Å². The highest BCUT2D eigenvalue weighted by atomic mass is 35.5. The van der Waals surface area contributed by atoms with Gasteiger partial charge in [-0.1, -0.05) is 13.0 Å². The minimum Gasteiger partial charge on any atom is -0.352 e. The lowest BCUT2D eigenvalue weighted by molar-refractivity contribution is -0.123. The van der Waals surface area contributed by atoms with Gasteiger partial charge in [0.1, 0.15) is 0 Å². The minimum absolute atomic E-state index is 0. The Hall–Kier alpha value is -0.580. The molecule has 100 valence electrons. The van der Waals surface area contributed by atoms with E-state index < -0.39 is 0 Å². The predicted octanol–water partition coefficient (Wildman–Crippen LogP) is 0.770. The molecule has 1 aliphatic heterocycles. The van der Waals surface area contributed by atoms with Gasteiger partial charge >= 0.3 is 0 Å². The van der Waals surface area contributed by atoms with E-state index in [4.69, 9.17) is 5.73 Å². The first-order chi connectivity index (χ1) is 7.69. The largest absolute Gasteiger partial charge is 0.352 e. The van der Waals surface area contributed by atoms with Crippen molar-refractivity contribution in [2.45, 2.75) is 25.8 Å². The zero-order valence-electron chi connectivity index (χ0n) is 10.5. The molecule has 17 heavy (non-hydrogen) atoms. The molecule has 1 aliphatic rings. The molecule has 1 heterocycles. The van der Waals surface area contributed by atoms with Gasteiger partial charge in [0.25, 0.3) is 0 Å². The van der Waals surface area contributed by atoms with E-state index in [9.17, 15) is 4.79 Å². The first-order valence-electron chi connectivity index (χ1n) is 6.00. The van der Waals surface area contributed by atoms with Crippen LogP contribution in [-0.2, 0) is 4.79 Å². The van der Waals surface area contributed by atoms with Crippen molar-refractivity contribution in [3.63, 3.8) is 0 Å². The van der Waals surface area contributed by atoms with Crippen molar-refractivity contribution in [2.75, 3.05) is 26.2 Å². The van der Waals surface area contributed by atoms with Gasteiger partial charge in [-0.25, -0.2) is 0 Å². The van der Waals surface area contributed by atoms with Crippen molar-refractivity contribution in [1.82, 2.24) is 10.2 Å². The molecule has 0 saturated carbocycles. The highest BCUT2D eigenvalue weighted by Crippen LogP contribution is 2.21. The van der Waals surface area contributed by atoms with Crippen LogP contribution in [-0.4, -0.2) is 43.0 Å². The molecule has 0 aromatic rings. The summed E-state index contributed by atoms with van der Waals surface area (Å²) >= 11 is 0. The molecule has 5 heteroatoms. The first kappa shape index (κ1) is 16.4. The lowest BCUT2D eigenvalue weighted by Crippen LogP contribution is -2.51. The molecule has 1 saturated heterocycles. The standard InChI is InChI=1S/C12H23N3O.ClH/c1-3-6-14-12(16)9-15-7-4-5-10(2)11(15)8-13;/h3,10-11H,1,4-9,13H2,2H3,(H,14,16);1H. The van der Waals surface area contributed by atoms with Crippen LogP contribution in [0.25, 0.3) is 0 Å². The molecule has 0 aromatic carbocycles. The highest BCUT2D eigenvalue weighted by Gasteiger charge is 2.28. The molecular weight excluding hydrogens is 238 g/mol. The first-order valence-corrected chi connectivity index (χ1v) is 6.00. The number of carbonyl (C=O) groups excluding carboxylic acids is 1. The third-order valence-electron chi connectivity index (χ3n) is 3.26. The van der Waals surface area contributed by atoms with Crippen LogP contribution >= 0.6 is 12.4 Å². The van der Waals surface area contributed by atoms with Crippen LogP contribution in [0.15, 0.2) is 12.7 Å². The molecule has 0 spiro atoms. The third-order valence-corrected chi connectivity index (χ3v) is 3.26. The molecule has 3 N–H and O–H groups in total. The summed E-state index contributed by atoms with van der Waals surface area (Å²) in [4.78, 5) is 13.8. The van der Waals surface area contributed by atoms with E-state index in [2.05, 4.69) is 23.7 Å². The second kappa shape index (κ2) is 8.50. The normalized spacial score (nSPS) is 24.8. The maximum atomic E-state index is 11.6. The summed E-state index contributed by atoms with van der Waals surface area (Å²) < 4.78 is 0. The molecule has 1 rings (SSSR count). The van der Waals surface area contributed by atoms with E-state index in [0.717, 1.165) is 13.0 Å². The van der Waals surface area contributed by atoms with E-state index in [0.29, 0.717) is 31.6 Å². The minimum atomic E-state index is 0. The smallest absolute Gasteiger partial charge is 0.234 e. The van der Waals surface area contributed by atoms with Crippen LogP contribution in [0.5, 0.6) is 0 Å². The number of carbonyl (C=O) groups is 1. The van der Waals surface area contributed by atoms with Crippen molar-refractivity contribution in [3.8, 4) is 0 Å². The second-order valence-corrected chi connectivity index (χ2v) is 4.49. The van der Waals surface area contributed by atoms with Crippen LogP contribution in [0.3, 0.4) is 0 Å². The Labute approximate surface area is 110 Å². The predicted molar refractivity (Wildman–Crippen MR) is 73.3 cm³/mol. The fourth-order valence-electron chi connectivity index (χ4n) is 2.34. The number of nitrogens with zero attached hydrogens (tertiary/aromatic N) is 1. The van der Waals surface area contributed by atoms with Crippen molar-refractivity contribution >= 4 is 18.3 Å². The van der Waals surface area contributed by atoms with Gasteiger partial charge in [-0.2, -0.15) is 0 Å². The van der Waals surface area contributed by atoms with Crippen LogP contribution in [0.1, 0.15) is 19.8 Å². The summed E-state index contributed by atoms with van der Waals surface area (Å²) in [6.07, 6.45) is 4.07. The van der Waals surface area contributed by atoms with E-state index in [1.807, 2.05) is 0 Å². The van der Waals surface area contributed by atoms with Gasteiger partial charge in [-0.05, 0) is 25.3 Å². The highest BCUT2D eigenvalue weighted by molar-refractivity contribution is 5.85. The Balaban J connectivity index is 0.00000256. The molecule has 1 amide bonds. The molecule has 0 aromatic heterocycles. The van der Waals surface area contributed by atoms with E-state index >= 15 is 0 Å². The summed E-state index contributed by atoms with van der Waals surface area (Å²) in [5, 5.41) is 2.80. The monoisotopic (exact) mass is 261 g/mol. The van der Waals surface area contributed by atoms with Gasteiger partial charge < -0.3 is 11.1 Å². The number of nitrogens with one attached hydrogen (secondary N) is 1. The van der Waals surface area contributed by atoms with Crippen molar-refractivity contribution < 1.29 is 4.79 Å². The summed E-state index contributed by atoms with van der Waals surface area (Å²) in [7, 11) is 0. The Morgan fingerprint density at radius 1 is 1.65 bits per heavy atom. The van der Waals surface area contributed by atoms with Gasteiger partial charge in [0, 0.05) is 19.1 Å². The average Bonchev–Trinajstić information content (AvgIpc) is 2.27. The number of likely N-dealkylation sites (tertiary alicyclic amines) is 1. The number of piperidine rings is 1. The maximum Gasteiger partial charge on any atom is 0.234 e. The Bertz CT molecular complexity index is 248. The Morgan fingerprint density at radius 2 is 2.35 bits per heavy atom. The van der Waals surface area contributed by atoms with Crippen LogP contribution < -0.4 is 11.1 Å². The summed E-state index contributed by atoms with van der Waals surface area (Å²) in [5.41, 5.74) is 5.77. The fraction of sp³-hybridized carbons (Fsp3) is 0.750. The van der Waals surface area contributed by atoms with Gasteiger partial charge in [0.05, 0.1) is 6.54 Å².